The molecular formula is C15H19FN2O2S2. The van der Waals surface area contributed by atoms with Gasteiger partial charge in [-0.15, -0.1) is 11.3 Å². The van der Waals surface area contributed by atoms with Gasteiger partial charge in [-0.05, 0) is 31.5 Å². The minimum absolute atomic E-state index is 0.0668. The Labute approximate surface area is 134 Å². The zero-order valence-corrected chi connectivity index (χ0v) is 14.4. The molecule has 0 aliphatic carbocycles. The maximum Gasteiger partial charge on any atom is 0.178 e. The van der Waals surface area contributed by atoms with Gasteiger partial charge in [0.1, 0.15) is 10.7 Å². The molecule has 1 atom stereocenters. The molecule has 1 unspecified atom stereocenters. The Morgan fingerprint density at radius 3 is 2.68 bits per heavy atom. The van der Waals surface area contributed by atoms with Gasteiger partial charge < -0.3 is 5.32 Å². The molecule has 0 saturated heterocycles. The fourth-order valence-corrected chi connectivity index (χ4v) is 3.52. The van der Waals surface area contributed by atoms with Crippen molar-refractivity contribution in [3.05, 3.63) is 45.7 Å². The fourth-order valence-electron chi connectivity index (χ4n) is 2.14. The first-order chi connectivity index (χ1) is 10.3. The zero-order valence-electron chi connectivity index (χ0n) is 12.8. The van der Waals surface area contributed by atoms with Crippen LogP contribution in [-0.4, -0.2) is 26.2 Å². The van der Waals surface area contributed by atoms with Crippen LogP contribution in [0.3, 0.4) is 0 Å². The van der Waals surface area contributed by atoms with E-state index in [9.17, 15) is 12.8 Å². The summed E-state index contributed by atoms with van der Waals surface area (Å²) in [7, 11) is -3.53. The van der Waals surface area contributed by atoms with Crippen molar-refractivity contribution in [2.75, 3.05) is 12.8 Å². The normalized spacial score (nSPS) is 13.3. The number of thiazole rings is 1. The molecule has 22 heavy (non-hydrogen) atoms. The van der Waals surface area contributed by atoms with Crippen molar-refractivity contribution in [2.24, 2.45) is 0 Å². The minimum atomic E-state index is -3.53. The lowest BCUT2D eigenvalue weighted by molar-refractivity contribution is 0.550. The average molecular weight is 342 g/mol. The lowest BCUT2D eigenvalue weighted by atomic mass is 10.1. The smallest absolute Gasteiger partial charge is 0.178 e. The van der Waals surface area contributed by atoms with Gasteiger partial charge in [0, 0.05) is 30.6 Å². The van der Waals surface area contributed by atoms with Crippen molar-refractivity contribution < 1.29 is 12.8 Å². The Morgan fingerprint density at radius 1 is 1.41 bits per heavy atom. The van der Waals surface area contributed by atoms with Gasteiger partial charge in [-0.25, -0.2) is 17.8 Å². The Hall–Kier alpha value is -1.31. The largest absolute Gasteiger partial charge is 0.310 e. The van der Waals surface area contributed by atoms with Gasteiger partial charge in [-0.2, -0.15) is 0 Å². The van der Waals surface area contributed by atoms with Crippen LogP contribution in [0.25, 0.3) is 0 Å². The van der Waals surface area contributed by atoms with Gasteiger partial charge in [-0.3, -0.25) is 0 Å². The second-order valence-electron chi connectivity index (χ2n) is 5.25. The van der Waals surface area contributed by atoms with E-state index in [1.807, 2.05) is 19.2 Å². The van der Waals surface area contributed by atoms with E-state index in [1.54, 1.807) is 17.4 Å². The van der Waals surface area contributed by atoms with E-state index in [0.717, 1.165) is 35.5 Å². The van der Waals surface area contributed by atoms with Crippen LogP contribution in [0.1, 0.15) is 29.2 Å². The third-order valence-corrected chi connectivity index (χ3v) is 5.31. The Morgan fingerprint density at radius 2 is 2.14 bits per heavy atom. The molecule has 2 rings (SSSR count). The number of hydrogen-bond donors (Lipinski definition) is 1. The molecule has 0 spiro atoms. The lowest BCUT2D eigenvalue weighted by Crippen LogP contribution is -2.21. The topological polar surface area (TPSA) is 59.1 Å². The highest BCUT2D eigenvalue weighted by molar-refractivity contribution is 7.90. The zero-order chi connectivity index (χ0) is 16.3. The summed E-state index contributed by atoms with van der Waals surface area (Å²) in [6.45, 7) is 4.61. The molecule has 7 heteroatoms. The molecule has 1 aromatic heterocycles. The summed E-state index contributed by atoms with van der Waals surface area (Å²) >= 11 is 1.62. The number of hydrogen-bond acceptors (Lipinski definition) is 5. The number of aromatic nitrogens is 1. The van der Waals surface area contributed by atoms with Gasteiger partial charge in [0.2, 0.25) is 0 Å². The van der Waals surface area contributed by atoms with Crippen molar-refractivity contribution in [1.29, 1.82) is 0 Å². The summed E-state index contributed by atoms with van der Waals surface area (Å²) in [6, 6.07) is 4.18. The second kappa shape index (κ2) is 6.85. The molecule has 0 aliphatic heterocycles. The molecule has 120 valence electrons. The summed E-state index contributed by atoms with van der Waals surface area (Å²) in [5.41, 5.74) is 1.76. The second-order valence-corrected chi connectivity index (χ2v) is 8.29. The molecule has 1 heterocycles. The fraction of sp³-hybridized carbons (Fsp3) is 0.400. The highest BCUT2D eigenvalue weighted by Crippen LogP contribution is 2.20. The maximum atomic E-state index is 13.9. The van der Waals surface area contributed by atoms with Gasteiger partial charge in [0.25, 0.3) is 0 Å². The number of sulfone groups is 1. The van der Waals surface area contributed by atoms with E-state index in [4.69, 9.17) is 0 Å². The predicted octanol–water partition coefficient (Wildman–Crippen LogP) is 2.89. The molecule has 0 fully saturated rings. The number of nitrogens with zero attached hydrogens (tertiary/aromatic N) is 1. The molecule has 0 saturated carbocycles. The van der Waals surface area contributed by atoms with Crippen molar-refractivity contribution in [2.45, 2.75) is 31.2 Å². The monoisotopic (exact) mass is 342 g/mol. The highest BCUT2D eigenvalue weighted by Gasteiger charge is 2.15. The maximum absolute atomic E-state index is 13.9. The first-order valence-electron chi connectivity index (χ1n) is 6.91. The average Bonchev–Trinajstić information content (AvgIpc) is 2.82. The molecule has 2 aromatic rings. The number of aryl methyl sites for hydroxylation is 1. The molecule has 1 N–H and O–H groups in total. The van der Waals surface area contributed by atoms with Crippen LogP contribution in [0, 0.1) is 12.7 Å². The van der Waals surface area contributed by atoms with Crippen LogP contribution >= 0.6 is 11.3 Å². The highest BCUT2D eigenvalue weighted by atomic mass is 32.2. The van der Waals surface area contributed by atoms with E-state index >= 15 is 0 Å². The Balaban J connectivity index is 1.98. The van der Waals surface area contributed by atoms with Crippen molar-refractivity contribution in [3.8, 4) is 0 Å². The van der Waals surface area contributed by atoms with Crippen LogP contribution in [0.5, 0.6) is 0 Å². The number of halogens is 1. The van der Waals surface area contributed by atoms with Crippen LogP contribution in [0.15, 0.2) is 28.5 Å². The van der Waals surface area contributed by atoms with E-state index in [1.165, 1.54) is 12.1 Å². The van der Waals surface area contributed by atoms with Crippen LogP contribution in [-0.2, 0) is 16.3 Å². The summed E-state index contributed by atoms with van der Waals surface area (Å²) in [6.07, 6.45) is 1.81. The summed E-state index contributed by atoms with van der Waals surface area (Å²) in [4.78, 5) is 4.12. The standard InChI is InChI=1S/C15H19FN2O2S2/c1-10(17-7-6-13-9-21-11(2)18-13)12-4-5-15(14(16)8-12)22(3,19)20/h4-5,8-10,17H,6-7H2,1-3H3. The van der Waals surface area contributed by atoms with Gasteiger partial charge in [0.05, 0.1) is 10.7 Å². The van der Waals surface area contributed by atoms with Crippen LogP contribution < -0.4 is 5.32 Å². The number of benzene rings is 1. The molecule has 0 radical (unpaired) electrons. The summed E-state index contributed by atoms with van der Waals surface area (Å²) in [5.74, 6) is -0.705. The van der Waals surface area contributed by atoms with Crippen molar-refractivity contribution >= 4 is 21.2 Å². The molecule has 0 amide bonds. The molecule has 4 nitrogen and oxygen atoms in total. The third-order valence-electron chi connectivity index (χ3n) is 3.35. The lowest BCUT2D eigenvalue weighted by Gasteiger charge is -2.14. The van der Waals surface area contributed by atoms with E-state index in [-0.39, 0.29) is 10.9 Å². The molecule has 0 aliphatic rings. The Kier molecular flexibility index (Phi) is 5.31. The summed E-state index contributed by atoms with van der Waals surface area (Å²) in [5, 5.41) is 6.36. The SMILES string of the molecule is Cc1nc(CCNC(C)c2ccc(S(C)(=O)=O)c(F)c2)cs1. The summed E-state index contributed by atoms with van der Waals surface area (Å²) < 4.78 is 36.7. The number of rotatable bonds is 6. The quantitative estimate of drug-likeness (QED) is 0.877. The van der Waals surface area contributed by atoms with Gasteiger partial charge in [-0.1, -0.05) is 6.07 Å². The van der Waals surface area contributed by atoms with Crippen molar-refractivity contribution in [3.63, 3.8) is 0 Å². The minimum Gasteiger partial charge on any atom is -0.310 e. The third kappa shape index (κ3) is 4.34. The molecule has 1 aromatic carbocycles. The van der Waals surface area contributed by atoms with Gasteiger partial charge >= 0.3 is 0 Å². The number of nitrogens with one attached hydrogen (secondary N) is 1. The molecular weight excluding hydrogens is 323 g/mol. The first-order valence-corrected chi connectivity index (χ1v) is 9.68. The van der Waals surface area contributed by atoms with E-state index in [0.29, 0.717) is 0 Å². The van der Waals surface area contributed by atoms with Crippen LogP contribution in [0.4, 0.5) is 4.39 Å². The van der Waals surface area contributed by atoms with Crippen LogP contribution in [0.2, 0.25) is 0 Å². The molecule has 0 bridgehead atoms. The van der Waals surface area contributed by atoms with E-state index < -0.39 is 15.7 Å². The predicted molar refractivity (Wildman–Crippen MR) is 86.5 cm³/mol. The van der Waals surface area contributed by atoms with Gasteiger partial charge in [0.15, 0.2) is 9.84 Å². The Bertz CT molecular complexity index is 757. The van der Waals surface area contributed by atoms with Crippen molar-refractivity contribution in [1.82, 2.24) is 10.3 Å². The first kappa shape index (κ1) is 17.1. The van der Waals surface area contributed by atoms with E-state index in [2.05, 4.69) is 10.3 Å².